The van der Waals surface area contributed by atoms with Crippen molar-refractivity contribution in [1.82, 2.24) is 10.9 Å². The highest BCUT2D eigenvalue weighted by Crippen LogP contribution is 2.25. The number of thiophene rings is 1. The molecule has 0 fully saturated rings. The fraction of sp³-hybridized carbons (Fsp3) is 0.125. The molecule has 2 amide bonds. The average molecular weight is 332 g/mol. The maximum atomic E-state index is 11.6. The molecule has 2 N–H and O–H groups in total. The Morgan fingerprint density at radius 1 is 1.13 bits per heavy atom. The van der Waals surface area contributed by atoms with E-state index in [4.69, 9.17) is 9.47 Å². The van der Waals surface area contributed by atoms with Gasteiger partial charge >= 0.3 is 0 Å². The van der Waals surface area contributed by atoms with Crippen molar-refractivity contribution in [3.63, 3.8) is 0 Å². The first-order valence-corrected chi connectivity index (χ1v) is 7.63. The van der Waals surface area contributed by atoms with Crippen LogP contribution in [0.4, 0.5) is 0 Å². The Morgan fingerprint density at radius 3 is 2.61 bits per heavy atom. The number of benzene rings is 1. The van der Waals surface area contributed by atoms with Gasteiger partial charge in [0.2, 0.25) is 0 Å². The molecule has 1 heterocycles. The lowest BCUT2D eigenvalue weighted by Gasteiger charge is -2.10. The van der Waals surface area contributed by atoms with Gasteiger partial charge in [-0.05, 0) is 29.7 Å². The summed E-state index contributed by atoms with van der Waals surface area (Å²) >= 11 is 1.51. The molecule has 2 aromatic rings. The molecule has 0 unspecified atom stereocenters. The standard InChI is InChI=1S/C16H16N2O4S/c1-21-13-6-2-3-7-14(13)22-11-16(20)18-17-15(19)9-8-12-5-4-10-23-12/h2-10H,11H2,1H3,(H,17,19)(H,18,20). The molecule has 0 spiro atoms. The van der Waals surface area contributed by atoms with E-state index in [0.717, 1.165) is 4.88 Å². The van der Waals surface area contributed by atoms with Crippen LogP contribution in [-0.2, 0) is 9.59 Å². The van der Waals surface area contributed by atoms with Crippen LogP contribution in [0.1, 0.15) is 4.88 Å². The quantitative estimate of drug-likeness (QED) is 0.626. The number of para-hydroxylation sites is 2. The van der Waals surface area contributed by atoms with Crippen LogP contribution in [0, 0.1) is 0 Å². The summed E-state index contributed by atoms with van der Waals surface area (Å²) in [6, 6.07) is 10.8. The van der Waals surface area contributed by atoms with Gasteiger partial charge in [-0.3, -0.25) is 20.4 Å². The molecule has 0 radical (unpaired) electrons. The van der Waals surface area contributed by atoms with Crippen molar-refractivity contribution in [1.29, 1.82) is 0 Å². The molecule has 6 nitrogen and oxygen atoms in total. The summed E-state index contributed by atoms with van der Waals surface area (Å²) < 4.78 is 10.4. The van der Waals surface area contributed by atoms with E-state index in [1.807, 2.05) is 17.5 Å². The maximum Gasteiger partial charge on any atom is 0.276 e. The normalized spacial score (nSPS) is 10.3. The lowest BCUT2D eigenvalue weighted by molar-refractivity contribution is -0.128. The van der Waals surface area contributed by atoms with Crippen molar-refractivity contribution in [2.75, 3.05) is 13.7 Å². The summed E-state index contributed by atoms with van der Waals surface area (Å²) in [5.74, 6) is 0.0788. The number of methoxy groups -OCH3 is 1. The van der Waals surface area contributed by atoms with Crippen LogP contribution >= 0.6 is 11.3 Å². The fourth-order valence-electron chi connectivity index (χ4n) is 1.63. The van der Waals surface area contributed by atoms with Gasteiger partial charge in [0, 0.05) is 11.0 Å². The topological polar surface area (TPSA) is 76.7 Å². The Kier molecular flexibility index (Phi) is 6.19. The second-order valence-electron chi connectivity index (χ2n) is 4.33. The number of carbonyl (C=O) groups is 2. The zero-order chi connectivity index (χ0) is 16.5. The first-order valence-electron chi connectivity index (χ1n) is 6.75. The van der Waals surface area contributed by atoms with Crippen molar-refractivity contribution in [2.24, 2.45) is 0 Å². The second-order valence-corrected chi connectivity index (χ2v) is 5.30. The minimum Gasteiger partial charge on any atom is -0.493 e. The molecular formula is C16H16N2O4S. The fourth-order valence-corrected chi connectivity index (χ4v) is 2.25. The van der Waals surface area contributed by atoms with E-state index < -0.39 is 11.8 Å². The molecule has 2 rings (SSSR count). The average Bonchev–Trinajstić information content (AvgIpc) is 3.10. The summed E-state index contributed by atoms with van der Waals surface area (Å²) in [6.45, 7) is -0.241. The summed E-state index contributed by atoms with van der Waals surface area (Å²) in [6.07, 6.45) is 3.00. The van der Waals surface area contributed by atoms with Gasteiger partial charge in [-0.15, -0.1) is 11.3 Å². The van der Waals surface area contributed by atoms with Crippen LogP contribution in [0.3, 0.4) is 0 Å². The monoisotopic (exact) mass is 332 g/mol. The third-order valence-electron chi connectivity index (χ3n) is 2.70. The first-order chi connectivity index (χ1) is 11.2. The Morgan fingerprint density at radius 2 is 1.91 bits per heavy atom. The molecule has 1 aromatic heterocycles. The van der Waals surface area contributed by atoms with E-state index in [1.165, 1.54) is 24.5 Å². The maximum absolute atomic E-state index is 11.6. The number of rotatable bonds is 6. The molecule has 23 heavy (non-hydrogen) atoms. The van der Waals surface area contributed by atoms with E-state index in [9.17, 15) is 9.59 Å². The van der Waals surface area contributed by atoms with E-state index in [0.29, 0.717) is 11.5 Å². The van der Waals surface area contributed by atoms with E-state index in [1.54, 1.807) is 30.3 Å². The third-order valence-corrected chi connectivity index (χ3v) is 3.53. The Hall–Kier alpha value is -2.80. The van der Waals surface area contributed by atoms with E-state index >= 15 is 0 Å². The summed E-state index contributed by atoms with van der Waals surface area (Å²) in [4.78, 5) is 24.1. The number of amides is 2. The van der Waals surface area contributed by atoms with Gasteiger partial charge in [0.1, 0.15) is 0 Å². The highest BCUT2D eigenvalue weighted by Gasteiger charge is 2.07. The van der Waals surface area contributed by atoms with Crippen LogP contribution < -0.4 is 20.3 Å². The summed E-state index contributed by atoms with van der Waals surface area (Å²) in [5, 5.41) is 1.91. The molecule has 0 atom stereocenters. The van der Waals surface area contributed by atoms with Crippen LogP contribution in [-0.4, -0.2) is 25.5 Å². The summed E-state index contributed by atoms with van der Waals surface area (Å²) in [5.41, 5.74) is 4.55. The minimum atomic E-state index is -0.478. The number of hydrogen-bond acceptors (Lipinski definition) is 5. The number of hydrazine groups is 1. The largest absolute Gasteiger partial charge is 0.493 e. The van der Waals surface area contributed by atoms with Gasteiger partial charge in [-0.25, -0.2) is 0 Å². The van der Waals surface area contributed by atoms with E-state index in [-0.39, 0.29) is 6.61 Å². The lowest BCUT2D eigenvalue weighted by atomic mass is 10.3. The Labute approximate surface area is 137 Å². The molecule has 120 valence electrons. The predicted molar refractivity (Wildman–Crippen MR) is 88.1 cm³/mol. The van der Waals surface area contributed by atoms with Crippen LogP contribution in [0.2, 0.25) is 0 Å². The van der Waals surface area contributed by atoms with Gasteiger partial charge in [0.05, 0.1) is 7.11 Å². The minimum absolute atomic E-state index is 0.241. The van der Waals surface area contributed by atoms with Crippen LogP contribution in [0.25, 0.3) is 6.08 Å². The Balaban J connectivity index is 1.73. The van der Waals surface area contributed by atoms with Gasteiger partial charge in [0.15, 0.2) is 18.1 Å². The molecule has 0 aliphatic carbocycles. The number of ether oxygens (including phenoxy) is 2. The lowest BCUT2D eigenvalue weighted by Crippen LogP contribution is -2.43. The van der Waals surface area contributed by atoms with Crippen LogP contribution in [0.15, 0.2) is 47.9 Å². The number of carbonyl (C=O) groups excluding carboxylic acids is 2. The number of nitrogens with one attached hydrogen (secondary N) is 2. The second kappa shape index (κ2) is 8.60. The SMILES string of the molecule is COc1ccccc1OCC(=O)NNC(=O)C=Cc1cccs1. The van der Waals surface area contributed by atoms with E-state index in [2.05, 4.69) is 10.9 Å². The van der Waals surface area contributed by atoms with Crippen LogP contribution in [0.5, 0.6) is 11.5 Å². The van der Waals surface area contributed by atoms with Gasteiger partial charge in [-0.1, -0.05) is 18.2 Å². The molecule has 0 aliphatic rings. The first kappa shape index (κ1) is 16.6. The summed E-state index contributed by atoms with van der Waals surface area (Å²) in [7, 11) is 1.52. The number of hydrogen-bond donors (Lipinski definition) is 2. The predicted octanol–water partition coefficient (Wildman–Crippen LogP) is 2.00. The Bertz CT molecular complexity index is 683. The third kappa shape index (κ3) is 5.48. The van der Waals surface area contributed by atoms with Gasteiger partial charge < -0.3 is 9.47 Å². The van der Waals surface area contributed by atoms with Crippen molar-refractivity contribution in [3.8, 4) is 11.5 Å². The molecule has 0 aliphatic heterocycles. The molecule has 1 aromatic carbocycles. The molecule has 0 saturated heterocycles. The molecule has 7 heteroatoms. The molecule has 0 saturated carbocycles. The highest BCUT2D eigenvalue weighted by atomic mass is 32.1. The van der Waals surface area contributed by atoms with Gasteiger partial charge in [0.25, 0.3) is 11.8 Å². The highest BCUT2D eigenvalue weighted by molar-refractivity contribution is 7.10. The van der Waals surface area contributed by atoms with Crippen molar-refractivity contribution >= 4 is 29.2 Å². The zero-order valence-corrected chi connectivity index (χ0v) is 13.3. The van der Waals surface area contributed by atoms with Crippen molar-refractivity contribution in [2.45, 2.75) is 0 Å². The van der Waals surface area contributed by atoms with Gasteiger partial charge in [-0.2, -0.15) is 0 Å². The van der Waals surface area contributed by atoms with Crippen molar-refractivity contribution < 1.29 is 19.1 Å². The van der Waals surface area contributed by atoms with Crippen molar-refractivity contribution in [3.05, 3.63) is 52.7 Å². The molecule has 0 bridgehead atoms. The smallest absolute Gasteiger partial charge is 0.276 e. The molecular weight excluding hydrogens is 316 g/mol. The zero-order valence-electron chi connectivity index (χ0n) is 12.4.